The molecule has 5 heteroatoms. The minimum Gasteiger partial charge on any atom is -0.280 e. The molecular weight excluding hydrogens is 253 g/mol. The molecule has 0 amide bonds. The average Bonchev–Trinajstić information content (AvgIpc) is 2.32. The lowest BCUT2D eigenvalue weighted by atomic mass is 10.2. The Hall–Kier alpha value is -1.88. The van der Waals surface area contributed by atoms with E-state index < -0.39 is 15.8 Å². The molecule has 93 valence electrons. The van der Waals surface area contributed by atoms with Crippen LogP contribution in [0, 0.1) is 12.7 Å². The van der Waals surface area contributed by atoms with Crippen LogP contribution in [0.3, 0.4) is 0 Å². The van der Waals surface area contributed by atoms with Crippen LogP contribution in [-0.2, 0) is 10.0 Å². The topological polar surface area (TPSA) is 46.2 Å². The van der Waals surface area contributed by atoms with Gasteiger partial charge in [-0.2, -0.15) is 0 Å². The Kier molecular flexibility index (Phi) is 3.34. The Labute approximate surface area is 105 Å². The van der Waals surface area contributed by atoms with E-state index in [-0.39, 0.29) is 4.90 Å². The van der Waals surface area contributed by atoms with Crippen LogP contribution in [0.4, 0.5) is 10.1 Å². The standard InChI is InChI=1S/C13H11FNO2S/c1-10-5-7-12(8-6-10)15-18(16,17)13-4-2-3-11(14)9-13/h2-9,15H,1H2. The van der Waals surface area contributed by atoms with Gasteiger partial charge in [0.25, 0.3) is 10.0 Å². The highest BCUT2D eigenvalue weighted by molar-refractivity contribution is 7.92. The van der Waals surface area contributed by atoms with Gasteiger partial charge in [0.05, 0.1) is 4.90 Å². The van der Waals surface area contributed by atoms with Gasteiger partial charge in [0.1, 0.15) is 5.82 Å². The van der Waals surface area contributed by atoms with Crippen LogP contribution in [0.5, 0.6) is 0 Å². The summed E-state index contributed by atoms with van der Waals surface area (Å²) in [4.78, 5) is -0.110. The first-order valence-corrected chi connectivity index (χ1v) is 6.66. The van der Waals surface area contributed by atoms with E-state index in [4.69, 9.17) is 0 Å². The number of benzene rings is 2. The number of hydrogen-bond donors (Lipinski definition) is 1. The summed E-state index contributed by atoms with van der Waals surface area (Å²) in [6, 6.07) is 11.4. The van der Waals surface area contributed by atoms with E-state index in [1.54, 1.807) is 24.3 Å². The van der Waals surface area contributed by atoms with Crippen molar-refractivity contribution in [1.82, 2.24) is 0 Å². The number of halogens is 1. The van der Waals surface area contributed by atoms with E-state index in [9.17, 15) is 12.8 Å². The Balaban J connectivity index is 2.30. The molecule has 0 unspecified atom stereocenters. The molecule has 0 saturated carbocycles. The summed E-state index contributed by atoms with van der Waals surface area (Å²) in [7, 11) is -3.76. The molecule has 0 heterocycles. The lowest BCUT2D eigenvalue weighted by Gasteiger charge is -2.08. The Bertz CT molecular complexity index is 651. The van der Waals surface area contributed by atoms with Crippen LogP contribution >= 0.6 is 0 Å². The van der Waals surface area contributed by atoms with Gasteiger partial charge in [-0.25, -0.2) is 12.8 Å². The number of nitrogens with one attached hydrogen (secondary N) is 1. The molecule has 2 rings (SSSR count). The predicted octanol–water partition coefficient (Wildman–Crippen LogP) is 2.81. The van der Waals surface area contributed by atoms with Gasteiger partial charge in [-0.15, -0.1) is 0 Å². The van der Waals surface area contributed by atoms with E-state index in [1.165, 1.54) is 18.2 Å². The van der Waals surface area contributed by atoms with Crippen molar-refractivity contribution in [2.24, 2.45) is 0 Å². The molecule has 2 aromatic carbocycles. The Morgan fingerprint density at radius 2 is 1.72 bits per heavy atom. The van der Waals surface area contributed by atoms with Gasteiger partial charge in [-0.05, 0) is 42.8 Å². The molecule has 1 radical (unpaired) electrons. The Morgan fingerprint density at radius 3 is 2.33 bits per heavy atom. The number of rotatable bonds is 3. The summed E-state index contributed by atoms with van der Waals surface area (Å²) in [5, 5.41) is 0. The van der Waals surface area contributed by atoms with Crippen LogP contribution in [0.2, 0.25) is 0 Å². The molecule has 0 saturated heterocycles. The third kappa shape index (κ3) is 2.87. The van der Waals surface area contributed by atoms with Crippen LogP contribution in [0.15, 0.2) is 53.4 Å². The van der Waals surface area contributed by atoms with Crippen molar-refractivity contribution in [2.45, 2.75) is 4.90 Å². The highest BCUT2D eigenvalue weighted by atomic mass is 32.2. The summed E-state index contributed by atoms with van der Waals surface area (Å²) in [5.74, 6) is -0.592. The molecule has 1 N–H and O–H groups in total. The quantitative estimate of drug-likeness (QED) is 0.926. The molecule has 0 aliphatic rings. The molecule has 0 aliphatic carbocycles. The van der Waals surface area contributed by atoms with Gasteiger partial charge >= 0.3 is 0 Å². The number of anilines is 1. The van der Waals surface area contributed by atoms with Crippen molar-refractivity contribution in [3.8, 4) is 0 Å². The molecular formula is C13H11FNO2S. The zero-order valence-electron chi connectivity index (χ0n) is 9.43. The third-order valence-electron chi connectivity index (χ3n) is 2.31. The third-order valence-corrected chi connectivity index (χ3v) is 3.69. The van der Waals surface area contributed by atoms with Gasteiger partial charge in [0.2, 0.25) is 0 Å². The predicted molar refractivity (Wildman–Crippen MR) is 68.1 cm³/mol. The second-order valence-electron chi connectivity index (χ2n) is 3.76. The summed E-state index contributed by atoms with van der Waals surface area (Å²) in [6.07, 6.45) is 0. The number of hydrogen-bond acceptors (Lipinski definition) is 2. The van der Waals surface area contributed by atoms with Gasteiger partial charge < -0.3 is 0 Å². The highest BCUT2D eigenvalue weighted by Crippen LogP contribution is 2.17. The largest absolute Gasteiger partial charge is 0.280 e. The van der Waals surface area contributed by atoms with E-state index in [2.05, 4.69) is 11.6 Å². The van der Waals surface area contributed by atoms with E-state index >= 15 is 0 Å². The van der Waals surface area contributed by atoms with Crippen LogP contribution in [0.25, 0.3) is 0 Å². The van der Waals surface area contributed by atoms with Gasteiger partial charge in [0.15, 0.2) is 0 Å². The summed E-state index contributed by atoms with van der Waals surface area (Å²) in [6.45, 7) is 3.70. The first-order valence-electron chi connectivity index (χ1n) is 5.18. The van der Waals surface area contributed by atoms with Crippen molar-refractivity contribution >= 4 is 15.7 Å². The maximum Gasteiger partial charge on any atom is 0.261 e. The SMILES string of the molecule is [CH2]c1ccc(NS(=O)(=O)c2cccc(F)c2)cc1. The van der Waals surface area contributed by atoms with Crippen molar-refractivity contribution in [3.63, 3.8) is 0 Å². The van der Waals surface area contributed by atoms with Gasteiger partial charge in [-0.1, -0.05) is 18.2 Å². The molecule has 0 aliphatic heterocycles. The molecule has 0 atom stereocenters. The van der Waals surface area contributed by atoms with Crippen LogP contribution in [0.1, 0.15) is 5.56 Å². The molecule has 0 fully saturated rings. The van der Waals surface area contributed by atoms with E-state index in [1.807, 2.05) is 0 Å². The van der Waals surface area contributed by atoms with E-state index in [0.717, 1.165) is 11.6 Å². The molecule has 3 nitrogen and oxygen atoms in total. The molecule has 2 aromatic rings. The second kappa shape index (κ2) is 4.78. The first-order chi connectivity index (χ1) is 8.47. The molecule has 0 aromatic heterocycles. The average molecular weight is 264 g/mol. The Morgan fingerprint density at radius 1 is 1.06 bits per heavy atom. The van der Waals surface area contributed by atoms with Gasteiger partial charge in [-0.3, -0.25) is 4.72 Å². The normalized spacial score (nSPS) is 11.2. The first kappa shape index (κ1) is 12.6. The lowest BCUT2D eigenvalue weighted by Crippen LogP contribution is -2.13. The lowest BCUT2D eigenvalue weighted by molar-refractivity contribution is 0.595. The van der Waals surface area contributed by atoms with Crippen molar-refractivity contribution in [2.75, 3.05) is 4.72 Å². The van der Waals surface area contributed by atoms with Crippen LogP contribution in [-0.4, -0.2) is 8.42 Å². The van der Waals surface area contributed by atoms with E-state index in [0.29, 0.717) is 5.69 Å². The summed E-state index contributed by atoms with van der Waals surface area (Å²) < 4.78 is 39.2. The summed E-state index contributed by atoms with van der Waals surface area (Å²) >= 11 is 0. The maximum absolute atomic E-state index is 13.0. The summed E-state index contributed by atoms with van der Waals surface area (Å²) in [5.41, 5.74) is 1.19. The maximum atomic E-state index is 13.0. The second-order valence-corrected chi connectivity index (χ2v) is 5.44. The fraction of sp³-hybridized carbons (Fsp3) is 0. The minimum absolute atomic E-state index is 0.110. The monoisotopic (exact) mass is 264 g/mol. The zero-order valence-corrected chi connectivity index (χ0v) is 10.2. The molecule has 18 heavy (non-hydrogen) atoms. The minimum atomic E-state index is -3.76. The van der Waals surface area contributed by atoms with Crippen molar-refractivity contribution in [1.29, 1.82) is 0 Å². The van der Waals surface area contributed by atoms with Gasteiger partial charge in [0, 0.05) is 5.69 Å². The number of sulfonamides is 1. The fourth-order valence-electron chi connectivity index (χ4n) is 1.42. The highest BCUT2D eigenvalue weighted by Gasteiger charge is 2.14. The molecule has 0 spiro atoms. The fourth-order valence-corrected chi connectivity index (χ4v) is 2.51. The van der Waals surface area contributed by atoms with Crippen molar-refractivity contribution in [3.05, 3.63) is 66.8 Å². The molecule has 0 bridgehead atoms. The van der Waals surface area contributed by atoms with Crippen molar-refractivity contribution < 1.29 is 12.8 Å². The van der Waals surface area contributed by atoms with Crippen LogP contribution < -0.4 is 4.72 Å². The zero-order chi connectivity index (χ0) is 13.2. The smallest absolute Gasteiger partial charge is 0.261 e.